The summed E-state index contributed by atoms with van der Waals surface area (Å²) in [5.41, 5.74) is 1.17. The Bertz CT molecular complexity index is 1900. The number of thiazole rings is 1. The van der Waals surface area contributed by atoms with Crippen LogP contribution >= 0.6 is 11.3 Å². The molecule has 2 bridgehead atoms. The number of methoxy groups -OCH3 is 1. The van der Waals surface area contributed by atoms with E-state index in [1.165, 1.54) is 15.6 Å². The molecule has 0 radical (unpaired) electrons. The largest absolute Gasteiger partial charge is 0.497 e. The number of aromatic nitrogens is 1. The zero-order chi connectivity index (χ0) is 34.4. The van der Waals surface area contributed by atoms with Crippen molar-refractivity contribution >= 4 is 42.8 Å². The smallest absolute Gasteiger partial charge is 0.407 e. The van der Waals surface area contributed by atoms with Crippen LogP contribution in [0.4, 0.5) is 9.93 Å². The highest BCUT2D eigenvalue weighted by Gasteiger charge is 2.75. The van der Waals surface area contributed by atoms with Gasteiger partial charge in [-0.15, -0.1) is 0 Å². The Balaban J connectivity index is 0.957. The number of carbonyl (C=O) groups is 1. The quantitative estimate of drug-likeness (QED) is 0.215. The number of carbonyl (C=O) groups excluding carboxylic acids is 1. The first-order valence-electron chi connectivity index (χ1n) is 17.8. The maximum Gasteiger partial charge on any atom is 0.407 e. The molecule has 268 valence electrons. The van der Waals surface area contributed by atoms with Gasteiger partial charge in [0.15, 0.2) is 11.4 Å². The third kappa shape index (κ3) is 5.85. The van der Waals surface area contributed by atoms with E-state index < -0.39 is 34.4 Å². The summed E-state index contributed by atoms with van der Waals surface area (Å²) in [4.78, 5) is 18.4. The first-order valence-corrected chi connectivity index (χ1v) is 20.1. The summed E-state index contributed by atoms with van der Waals surface area (Å²) in [6.07, 6.45) is 4.21. The molecular formula is C36H44N4O8S2. The van der Waals surface area contributed by atoms with E-state index in [1.54, 1.807) is 25.3 Å². The molecule has 2 aromatic carbocycles. The zero-order valence-corrected chi connectivity index (χ0v) is 29.9. The van der Waals surface area contributed by atoms with Crippen LogP contribution in [0, 0.1) is 17.3 Å². The summed E-state index contributed by atoms with van der Waals surface area (Å²) in [6.45, 7) is 2.12. The van der Waals surface area contributed by atoms with Gasteiger partial charge in [-0.3, -0.25) is 0 Å². The third-order valence-electron chi connectivity index (χ3n) is 11.9. The van der Waals surface area contributed by atoms with Crippen LogP contribution in [-0.4, -0.2) is 91.4 Å². The molecule has 3 heterocycles. The SMILES string of the molecule is COc1ccc(C[C@H](NC(=O)OC2C3CC4C(O3)OC43CCC23)[C@H](O)CN(CC2(C)CC2)S(=O)(=O)c2ccc3nc(NC4CC4)sc3c2)cc1. The molecule has 4 saturated carbocycles. The van der Waals surface area contributed by atoms with Gasteiger partial charge in [0.2, 0.25) is 10.0 Å². The van der Waals surface area contributed by atoms with Crippen molar-refractivity contribution < 1.29 is 37.3 Å². The number of hydrogen-bond acceptors (Lipinski definition) is 11. The second-order valence-electron chi connectivity index (χ2n) is 15.5. The van der Waals surface area contributed by atoms with Crippen molar-refractivity contribution in [2.75, 3.05) is 25.5 Å². The normalized spacial score (nSPS) is 31.2. The molecule has 4 aliphatic carbocycles. The Hall–Kier alpha value is -3.01. The zero-order valence-electron chi connectivity index (χ0n) is 28.2. The number of aliphatic hydroxyl groups is 1. The molecule has 6 aliphatic rings. The fourth-order valence-corrected chi connectivity index (χ4v) is 11.1. The molecule has 2 saturated heterocycles. The van der Waals surface area contributed by atoms with Gasteiger partial charge in [-0.1, -0.05) is 30.4 Å². The molecule has 50 heavy (non-hydrogen) atoms. The van der Waals surface area contributed by atoms with Crippen LogP contribution in [0.15, 0.2) is 47.4 Å². The second kappa shape index (κ2) is 12.0. The molecular weight excluding hydrogens is 681 g/mol. The van der Waals surface area contributed by atoms with Gasteiger partial charge in [-0.05, 0) is 92.7 Å². The van der Waals surface area contributed by atoms with E-state index in [-0.39, 0.29) is 53.7 Å². The molecule has 14 heteroatoms. The molecule has 1 aromatic heterocycles. The fraction of sp³-hybridized carbons (Fsp3) is 0.611. The van der Waals surface area contributed by atoms with E-state index in [9.17, 15) is 18.3 Å². The van der Waals surface area contributed by atoms with Gasteiger partial charge in [0.05, 0.1) is 46.1 Å². The van der Waals surface area contributed by atoms with Crippen LogP contribution in [-0.2, 0) is 30.7 Å². The van der Waals surface area contributed by atoms with Crippen LogP contribution in [0.2, 0.25) is 0 Å². The average molecular weight is 725 g/mol. The number of aliphatic hydroxyl groups excluding tert-OH is 1. The van der Waals surface area contributed by atoms with Crippen LogP contribution in [0.5, 0.6) is 5.75 Å². The summed E-state index contributed by atoms with van der Waals surface area (Å²) >= 11 is 1.45. The van der Waals surface area contributed by atoms with E-state index in [1.807, 2.05) is 24.3 Å². The molecule has 12 nitrogen and oxygen atoms in total. The van der Waals surface area contributed by atoms with Crippen molar-refractivity contribution in [3.8, 4) is 5.75 Å². The van der Waals surface area contributed by atoms with E-state index in [0.29, 0.717) is 17.7 Å². The minimum absolute atomic E-state index is 0.0945. The maximum atomic E-state index is 14.4. The monoisotopic (exact) mass is 724 g/mol. The van der Waals surface area contributed by atoms with E-state index in [2.05, 4.69) is 22.5 Å². The Labute approximate surface area is 295 Å². The van der Waals surface area contributed by atoms with Crippen molar-refractivity contribution in [3.05, 3.63) is 48.0 Å². The Morgan fingerprint density at radius 2 is 1.94 bits per heavy atom. The fourth-order valence-electron chi connectivity index (χ4n) is 8.40. The number of nitrogens with one attached hydrogen (secondary N) is 2. The molecule has 2 aliphatic heterocycles. The number of anilines is 1. The lowest BCUT2D eigenvalue weighted by molar-refractivity contribution is -0.360. The molecule has 9 rings (SSSR count). The predicted molar refractivity (Wildman–Crippen MR) is 186 cm³/mol. The Morgan fingerprint density at radius 3 is 2.64 bits per heavy atom. The summed E-state index contributed by atoms with van der Waals surface area (Å²) in [7, 11) is -2.43. The lowest BCUT2D eigenvalue weighted by Crippen LogP contribution is -2.71. The van der Waals surface area contributed by atoms with Crippen molar-refractivity contribution in [2.24, 2.45) is 17.3 Å². The number of hydrogen-bond donors (Lipinski definition) is 3. The Kier molecular flexibility index (Phi) is 7.90. The van der Waals surface area contributed by atoms with E-state index >= 15 is 0 Å². The summed E-state index contributed by atoms with van der Waals surface area (Å²) in [5, 5.41) is 19.0. The standard InChI is InChI=1S/C36H44N4O8S2/c1-35(13-14-35)19-40(50(43,44)23-9-10-26-30(16-23)49-33(38-26)37-21-5-6-21)18-28(41)27(15-20-3-7-22(45-2)8-4-20)39-34(42)47-31-24-11-12-36(24)25-17-29(31)46-32(25)48-36/h3-4,7-10,16,21,24-25,27-29,31-32,41H,5-6,11-15,17-19H2,1-2H3,(H,37,38)(H,39,42)/t24?,25?,27-,28+,29?,31?,32?,36?/m0/s1. The highest BCUT2D eigenvalue weighted by atomic mass is 32.2. The number of fused-ring (bicyclic) bond motifs is 2. The molecule has 1 spiro atoms. The Morgan fingerprint density at radius 1 is 1.14 bits per heavy atom. The first-order chi connectivity index (χ1) is 24.0. The van der Waals surface area contributed by atoms with Crippen molar-refractivity contribution in [1.82, 2.24) is 14.6 Å². The maximum absolute atomic E-state index is 14.4. The van der Waals surface area contributed by atoms with Gasteiger partial charge in [-0.2, -0.15) is 4.31 Å². The highest BCUT2D eigenvalue weighted by molar-refractivity contribution is 7.89. The van der Waals surface area contributed by atoms with Crippen molar-refractivity contribution in [2.45, 2.75) is 105 Å². The van der Waals surface area contributed by atoms with Crippen molar-refractivity contribution in [3.63, 3.8) is 0 Å². The number of rotatable bonds is 14. The van der Waals surface area contributed by atoms with Crippen molar-refractivity contribution in [1.29, 1.82) is 0 Å². The van der Waals surface area contributed by atoms with Gasteiger partial charge in [0.25, 0.3) is 0 Å². The number of amides is 1. The number of alkyl carbamates (subject to hydrolysis) is 1. The average Bonchev–Trinajstić information content (AvgIpc) is 3.97. The van der Waals surface area contributed by atoms with E-state index in [0.717, 1.165) is 65.9 Å². The second-order valence-corrected chi connectivity index (χ2v) is 18.5. The topological polar surface area (TPSA) is 149 Å². The lowest BCUT2D eigenvalue weighted by atomic mass is 9.53. The van der Waals surface area contributed by atoms with Crippen LogP contribution < -0.4 is 15.4 Å². The lowest BCUT2D eigenvalue weighted by Gasteiger charge is -2.63. The van der Waals surface area contributed by atoms with Gasteiger partial charge < -0.3 is 34.7 Å². The van der Waals surface area contributed by atoms with Gasteiger partial charge >= 0.3 is 6.09 Å². The minimum atomic E-state index is -4.02. The number of benzene rings is 2. The van der Waals surface area contributed by atoms with Gasteiger partial charge in [-0.25, -0.2) is 18.2 Å². The number of sulfonamides is 1. The predicted octanol–water partition coefficient (Wildman–Crippen LogP) is 4.66. The molecule has 6 unspecified atom stereocenters. The van der Waals surface area contributed by atoms with Crippen LogP contribution in [0.3, 0.4) is 0 Å². The summed E-state index contributed by atoms with van der Waals surface area (Å²) < 4.78 is 54.5. The van der Waals surface area contributed by atoms with Crippen LogP contribution in [0.25, 0.3) is 10.2 Å². The third-order valence-corrected chi connectivity index (χ3v) is 14.7. The first kappa shape index (κ1) is 32.9. The molecule has 6 fully saturated rings. The minimum Gasteiger partial charge on any atom is -0.497 e. The molecule has 3 N–H and O–H groups in total. The summed E-state index contributed by atoms with van der Waals surface area (Å²) in [6, 6.07) is 12.0. The molecule has 8 atom stereocenters. The number of ether oxygens (including phenoxy) is 4. The van der Waals surface area contributed by atoms with Crippen LogP contribution in [0.1, 0.15) is 57.4 Å². The van der Waals surface area contributed by atoms with E-state index in [4.69, 9.17) is 18.9 Å². The number of nitrogens with zero attached hydrogens (tertiary/aromatic N) is 2. The van der Waals surface area contributed by atoms with Gasteiger partial charge in [0, 0.05) is 31.0 Å². The summed E-state index contributed by atoms with van der Waals surface area (Å²) in [5.74, 6) is 1.15. The highest BCUT2D eigenvalue weighted by Crippen LogP contribution is 2.66. The van der Waals surface area contributed by atoms with Gasteiger partial charge in [0.1, 0.15) is 11.9 Å². The molecule has 1 amide bonds. The molecule has 3 aromatic rings.